The number of aromatic amines is 1. The number of anilines is 1. The Balaban J connectivity index is 1.46. The normalized spacial score (nSPS) is 13.5. The number of hydrogen-bond donors (Lipinski definition) is 2. The van der Waals surface area contributed by atoms with Crippen molar-refractivity contribution < 1.29 is 4.79 Å². The fourth-order valence-electron chi connectivity index (χ4n) is 3.70. The summed E-state index contributed by atoms with van der Waals surface area (Å²) in [5.74, 6) is 0.0635. The molecule has 1 saturated carbocycles. The first-order chi connectivity index (χ1) is 15.1. The number of aromatic nitrogens is 3. The second kappa shape index (κ2) is 8.07. The van der Waals surface area contributed by atoms with Crippen LogP contribution in [0, 0.1) is 6.92 Å². The summed E-state index contributed by atoms with van der Waals surface area (Å²) in [5, 5.41) is 3.51. The Morgan fingerprint density at radius 3 is 2.74 bits per heavy atom. The van der Waals surface area contributed by atoms with Crippen molar-refractivity contribution in [3.05, 3.63) is 76.7 Å². The summed E-state index contributed by atoms with van der Waals surface area (Å²) in [6.45, 7) is 1.99. The first kappa shape index (κ1) is 19.6. The minimum Gasteiger partial charge on any atom is -0.355 e. The summed E-state index contributed by atoms with van der Waals surface area (Å²) in [6.07, 6.45) is 3.76. The number of benzene rings is 2. The van der Waals surface area contributed by atoms with Gasteiger partial charge in [-0.25, -0.2) is 4.98 Å². The number of nitrogens with zero attached hydrogens (tertiary/aromatic N) is 2. The van der Waals surface area contributed by atoms with Crippen molar-refractivity contribution in [3.8, 4) is 11.1 Å². The van der Waals surface area contributed by atoms with Gasteiger partial charge < -0.3 is 10.3 Å². The molecule has 1 fully saturated rings. The van der Waals surface area contributed by atoms with Gasteiger partial charge in [-0.2, -0.15) is 0 Å². The van der Waals surface area contributed by atoms with Gasteiger partial charge in [0.15, 0.2) is 5.16 Å². The molecular weight excluding hydrogens is 408 g/mol. The number of amides is 1. The van der Waals surface area contributed by atoms with E-state index in [1.165, 1.54) is 11.8 Å². The number of hydrogen-bond acceptors (Lipinski definition) is 4. The molecule has 2 N–H and O–H groups in total. The Morgan fingerprint density at radius 1 is 1.19 bits per heavy atom. The minimum atomic E-state index is -0.121. The van der Waals surface area contributed by atoms with Gasteiger partial charge in [0.1, 0.15) is 11.0 Å². The summed E-state index contributed by atoms with van der Waals surface area (Å²) in [7, 11) is 0. The predicted octanol–water partition coefficient (Wildman–Crippen LogP) is 4.77. The van der Waals surface area contributed by atoms with Crippen LogP contribution in [0.1, 0.15) is 24.4 Å². The molecule has 0 atom stereocenters. The average Bonchev–Trinajstić information content (AvgIpc) is 3.51. The number of aryl methyl sites for hydroxylation is 1. The summed E-state index contributed by atoms with van der Waals surface area (Å²) in [4.78, 5) is 33.7. The average molecular weight is 431 g/mol. The van der Waals surface area contributed by atoms with Crippen molar-refractivity contribution in [3.63, 3.8) is 0 Å². The van der Waals surface area contributed by atoms with Crippen molar-refractivity contribution >= 4 is 34.4 Å². The van der Waals surface area contributed by atoms with Crippen LogP contribution >= 0.6 is 11.8 Å². The van der Waals surface area contributed by atoms with E-state index in [9.17, 15) is 9.59 Å². The summed E-state index contributed by atoms with van der Waals surface area (Å²) in [5.41, 5.74) is 4.83. The monoisotopic (exact) mass is 430 g/mol. The van der Waals surface area contributed by atoms with Crippen LogP contribution in [0.25, 0.3) is 22.2 Å². The Labute approximate surface area is 183 Å². The van der Waals surface area contributed by atoms with Crippen molar-refractivity contribution in [2.24, 2.45) is 0 Å². The van der Waals surface area contributed by atoms with E-state index in [4.69, 9.17) is 4.98 Å². The lowest BCUT2D eigenvalue weighted by Crippen LogP contribution is -2.23. The predicted molar refractivity (Wildman–Crippen MR) is 125 cm³/mol. The lowest BCUT2D eigenvalue weighted by atomic mass is 10.1. The van der Waals surface area contributed by atoms with Crippen LogP contribution in [0.5, 0.6) is 0 Å². The Bertz CT molecular complexity index is 1320. The van der Waals surface area contributed by atoms with Crippen molar-refractivity contribution in [1.82, 2.24) is 14.5 Å². The highest BCUT2D eigenvalue weighted by Crippen LogP contribution is 2.37. The number of H-pyrrole nitrogens is 1. The van der Waals surface area contributed by atoms with Gasteiger partial charge in [-0.05, 0) is 43.0 Å². The highest BCUT2D eigenvalue weighted by molar-refractivity contribution is 7.99. The zero-order chi connectivity index (χ0) is 21.4. The van der Waals surface area contributed by atoms with Crippen LogP contribution in [0.4, 0.5) is 5.69 Å². The molecule has 6 nitrogen and oxygen atoms in total. The van der Waals surface area contributed by atoms with E-state index in [1.54, 1.807) is 4.57 Å². The van der Waals surface area contributed by atoms with Crippen LogP contribution in [0.3, 0.4) is 0 Å². The third-order valence-corrected chi connectivity index (χ3v) is 6.28. The first-order valence-corrected chi connectivity index (χ1v) is 11.3. The molecule has 0 unspecified atom stereocenters. The third-order valence-electron chi connectivity index (χ3n) is 5.33. The smallest absolute Gasteiger partial charge is 0.278 e. The summed E-state index contributed by atoms with van der Waals surface area (Å²) >= 11 is 1.31. The van der Waals surface area contributed by atoms with Crippen LogP contribution in [0.15, 0.2) is 70.7 Å². The van der Waals surface area contributed by atoms with Crippen LogP contribution in [0.2, 0.25) is 0 Å². The van der Waals surface area contributed by atoms with Crippen LogP contribution in [-0.2, 0) is 4.79 Å². The Hall–Kier alpha value is -3.32. The molecular formula is C24H22N4O2S. The van der Waals surface area contributed by atoms with Crippen LogP contribution < -0.4 is 10.9 Å². The van der Waals surface area contributed by atoms with Crippen molar-refractivity contribution in [2.45, 2.75) is 31.0 Å². The van der Waals surface area contributed by atoms with E-state index in [-0.39, 0.29) is 23.3 Å². The second-order valence-electron chi connectivity index (χ2n) is 7.80. The quantitative estimate of drug-likeness (QED) is 0.341. The van der Waals surface area contributed by atoms with Gasteiger partial charge >= 0.3 is 0 Å². The molecule has 2 aromatic heterocycles. The van der Waals surface area contributed by atoms with Gasteiger partial charge in [-0.1, -0.05) is 54.2 Å². The molecule has 0 saturated heterocycles. The molecule has 31 heavy (non-hydrogen) atoms. The number of nitrogens with one attached hydrogen (secondary N) is 2. The number of carbonyl (C=O) groups excluding carboxylic acids is 1. The second-order valence-corrected chi connectivity index (χ2v) is 8.74. The Kier molecular flexibility index (Phi) is 5.11. The molecule has 0 spiro atoms. The van der Waals surface area contributed by atoms with E-state index < -0.39 is 0 Å². The maximum atomic E-state index is 13.2. The fourth-order valence-corrected chi connectivity index (χ4v) is 4.56. The molecule has 0 aliphatic heterocycles. The topological polar surface area (TPSA) is 79.8 Å². The summed E-state index contributed by atoms with van der Waals surface area (Å²) < 4.78 is 1.75. The molecule has 7 heteroatoms. The van der Waals surface area contributed by atoms with Crippen molar-refractivity contribution in [1.29, 1.82) is 0 Å². The van der Waals surface area contributed by atoms with Gasteiger partial charge in [0, 0.05) is 23.5 Å². The van der Waals surface area contributed by atoms with E-state index >= 15 is 0 Å². The molecule has 2 aromatic carbocycles. The van der Waals surface area contributed by atoms with E-state index in [2.05, 4.69) is 10.3 Å². The highest BCUT2D eigenvalue weighted by atomic mass is 32.2. The molecule has 1 aliphatic rings. The van der Waals surface area contributed by atoms with Gasteiger partial charge in [0.05, 0.1) is 5.75 Å². The Morgan fingerprint density at radius 2 is 2.00 bits per heavy atom. The third kappa shape index (κ3) is 4.01. The lowest BCUT2D eigenvalue weighted by Gasteiger charge is -2.12. The molecule has 0 radical (unpaired) electrons. The SMILES string of the molecule is Cc1cccc(NC(=O)CSc2nc3c(-c4ccccc4)c[nH]c3c(=O)n2C2CC2)c1. The summed E-state index contributed by atoms with van der Waals surface area (Å²) in [6, 6.07) is 17.7. The molecule has 1 aliphatic carbocycles. The molecule has 4 aromatic rings. The van der Waals surface area contributed by atoms with Gasteiger partial charge in [0.2, 0.25) is 5.91 Å². The van der Waals surface area contributed by atoms with Crippen LogP contribution in [-0.4, -0.2) is 26.2 Å². The number of thioether (sulfide) groups is 1. The molecule has 0 bridgehead atoms. The van der Waals surface area contributed by atoms with Crippen molar-refractivity contribution in [2.75, 3.05) is 11.1 Å². The van der Waals surface area contributed by atoms with Gasteiger partial charge in [-0.15, -0.1) is 0 Å². The maximum absolute atomic E-state index is 13.2. The zero-order valence-corrected chi connectivity index (χ0v) is 17.9. The zero-order valence-electron chi connectivity index (χ0n) is 17.1. The largest absolute Gasteiger partial charge is 0.355 e. The fraction of sp³-hybridized carbons (Fsp3) is 0.208. The number of carbonyl (C=O) groups is 1. The lowest BCUT2D eigenvalue weighted by molar-refractivity contribution is -0.113. The number of rotatable bonds is 6. The van der Waals surface area contributed by atoms with Gasteiger partial charge in [-0.3, -0.25) is 14.2 Å². The maximum Gasteiger partial charge on any atom is 0.278 e. The molecule has 1 amide bonds. The van der Waals surface area contributed by atoms with E-state index in [0.717, 1.165) is 35.2 Å². The first-order valence-electron chi connectivity index (χ1n) is 10.3. The molecule has 2 heterocycles. The van der Waals surface area contributed by atoms with E-state index in [1.807, 2.05) is 67.7 Å². The number of fused-ring (bicyclic) bond motifs is 1. The van der Waals surface area contributed by atoms with E-state index in [0.29, 0.717) is 16.2 Å². The molecule has 5 rings (SSSR count). The standard InChI is InChI=1S/C24H22N4O2S/c1-15-6-5-9-17(12-15)26-20(29)14-31-24-27-21-19(16-7-3-2-4-8-16)13-25-22(21)23(30)28(24)18-10-11-18/h2-9,12-13,18,25H,10-11,14H2,1H3,(H,26,29). The van der Waals surface area contributed by atoms with Gasteiger partial charge in [0.25, 0.3) is 5.56 Å². The highest BCUT2D eigenvalue weighted by Gasteiger charge is 2.29. The minimum absolute atomic E-state index is 0.0729. The molecule has 156 valence electrons.